The number of rotatable bonds is 6. The summed E-state index contributed by atoms with van der Waals surface area (Å²) in [5.41, 5.74) is -0.0584. The third-order valence-corrected chi connectivity index (χ3v) is 3.91. The lowest BCUT2D eigenvalue weighted by Crippen LogP contribution is -2.56. The first-order valence-electron chi connectivity index (χ1n) is 7.22. The fraction of sp³-hybridized carbons (Fsp3) is 0.933. The Balaban J connectivity index is 2.32. The molecule has 0 unspecified atom stereocenters. The average Bonchev–Trinajstić information content (AvgIpc) is 2.17. The van der Waals surface area contributed by atoms with E-state index >= 15 is 0 Å². The molecular formula is C15H30N2O2. The van der Waals surface area contributed by atoms with Crippen molar-refractivity contribution in [3.05, 3.63) is 0 Å². The molecule has 19 heavy (non-hydrogen) atoms. The first-order chi connectivity index (χ1) is 8.65. The van der Waals surface area contributed by atoms with E-state index < -0.39 is 0 Å². The van der Waals surface area contributed by atoms with Crippen LogP contribution in [-0.2, 0) is 9.53 Å². The molecule has 4 heteroatoms. The topological polar surface area (TPSA) is 32.8 Å². The molecule has 0 aliphatic heterocycles. The van der Waals surface area contributed by atoms with E-state index in [4.69, 9.17) is 4.74 Å². The van der Waals surface area contributed by atoms with Crippen LogP contribution in [0.5, 0.6) is 0 Å². The van der Waals surface area contributed by atoms with Crippen molar-refractivity contribution >= 4 is 5.97 Å². The van der Waals surface area contributed by atoms with Crippen molar-refractivity contribution in [1.29, 1.82) is 0 Å². The molecule has 0 atom stereocenters. The van der Waals surface area contributed by atoms with Crippen LogP contribution in [0.15, 0.2) is 0 Å². The molecule has 0 aromatic heterocycles. The number of likely N-dealkylation sites (N-methyl/N-ethyl adjacent to an activating group) is 2. The van der Waals surface area contributed by atoms with Gasteiger partial charge >= 0.3 is 5.97 Å². The van der Waals surface area contributed by atoms with Crippen molar-refractivity contribution in [3.63, 3.8) is 0 Å². The summed E-state index contributed by atoms with van der Waals surface area (Å²) in [5, 5.41) is 0. The normalized spacial score (nSPS) is 18.5. The van der Waals surface area contributed by atoms with E-state index in [0.29, 0.717) is 12.0 Å². The van der Waals surface area contributed by atoms with Crippen molar-refractivity contribution in [2.75, 3.05) is 34.2 Å². The molecule has 0 bridgehead atoms. The Morgan fingerprint density at radius 1 is 1.21 bits per heavy atom. The summed E-state index contributed by atoms with van der Waals surface area (Å²) in [6, 6.07) is 0. The van der Waals surface area contributed by atoms with E-state index in [1.165, 1.54) is 19.3 Å². The number of esters is 1. The number of carbonyl (C=O) groups is 1. The molecule has 0 radical (unpaired) electrons. The summed E-state index contributed by atoms with van der Waals surface area (Å²) in [4.78, 5) is 16.3. The Morgan fingerprint density at radius 3 is 2.16 bits per heavy atom. The zero-order valence-electron chi connectivity index (χ0n) is 13.5. The van der Waals surface area contributed by atoms with E-state index in [1.54, 1.807) is 0 Å². The van der Waals surface area contributed by atoms with Gasteiger partial charge in [0.1, 0.15) is 5.60 Å². The number of hydrogen-bond acceptors (Lipinski definition) is 4. The third-order valence-electron chi connectivity index (χ3n) is 3.91. The number of hydrogen-bond donors (Lipinski definition) is 0. The summed E-state index contributed by atoms with van der Waals surface area (Å²) >= 11 is 0. The van der Waals surface area contributed by atoms with Gasteiger partial charge in [0, 0.05) is 18.6 Å². The summed E-state index contributed by atoms with van der Waals surface area (Å²) < 4.78 is 5.33. The Morgan fingerprint density at radius 2 is 1.79 bits per heavy atom. The summed E-state index contributed by atoms with van der Waals surface area (Å²) in [7, 11) is 6.40. The maximum absolute atomic E-state index is 11.7. The second-order valence-electron chi connectivity index (χ2n) is 7.05. The molecule has 1 aliphatic carbocycles. The van der Waals surface area contributed by atoms with Crippen LogP contribution < -0.4 is 0 Å². The van der Waals surface area contributed by atoms with Crippen LogP contribution >= 0.6 is 0 Å². The zero-order valence-corrected chi connectivity index (χ0v) is 13.5. The van der Waals surface area contributed by atoms with Gasteiger partial charge in [-0.2, -0.15) is 0 Å². The van der Waals surface area contributed by atoms with Crippen molar-refractivity contribution < 1.29 is 9.53 Å². The van der Waals surface area contributed by atoms with Gasteiger partial charge in [-0.3, -0.25) is 4.79 Å². The van der Waals surface area contributed by atoms with Gasteiger partial charge in [-0.25, -0.2) is 0 Å². The Labute approximate surface area is 118 Å². The molecular weight excluding hydrogens is 240 g/mol. The first kappa shape index (κ1) is 16.4. The highest BCUT2D eigenvalue weighted by molar-refractivity contribution is 5.70. The molecule has 1 rings (SSSR count). The molecule has 0 N–H and O–H groups in total. The first-order valence-corrected chi connectivity index (χ1v) is 7.22. The second-order valence-corrected chi connectivity index (χ2v) is 7.05. The summed E-state index contributed by atoms with van der Waals surface area (Å²) in [5.74, 6) is -0.105. The lowest BCUT2D eigenvalue weighted by molar-refractivity contribution is -0.155. The van der Waals surface area contributed by atoms with Gasteiger partial charge in [-0.05, 0) is 61.2 Å². The highest BCUT2D eigenvalue weighted by Crippen LogP contribution is 2.36. The van der Waals surface area contributed by atoms with Crippen molar-refractivity contribution in [3.8, 4) is 0 Å². The fourth-order valence-electron chi connectivity index (χ4n) is 2.59. The molecule has 1 fully saturated rings. The number of nitrogens with zero attached hydrogens (tertiary/aromatic N) is 2. The summed E-state index contributed by atoms with van der Waals surface area (Å²) in [6.45, 7) is 7.52. The highest BCUT2D eigenvalue weighted by Gasteiger charge is 2.39. The molecule has 0 amide bonds. The second kappa shape index (κ2) is 6.23. The lowest BCUT2D eigenvalue weighted by Gasteiger charge is -2.49. The van der Waals surface area contributed by atoms with Crippen LogP contribution in [0.2, 0.25) is 0 Å². The molecule has 0 spiro atoms. The maximum Gasteiger partial charge on any atom is 0.307 e. The van der Waals surface area contributed by atoms with Crippen LogP contribution in [0.1, 0.15) is 46.5 Å². The van der Waals surface area contributed by atoms with Crippen LogP contribution in [0.4, 0.5) is 0 Å². The van der Waals surface area contributed by atoms with E-state index in [9.17, 15) is 4.79 Å². The van der Waals surface area contributed by atoms with E-state index in [0.717, 1.165) is 13.1 Å². The van der Waals surface area contributed by atoms with Crippen molar-refractivity contribution in [1.82, 2.24) is 9.80 Å². The predicted molar refractivity (Wildman–Crippen MR) is 78.2 cm³/mol. The van der Waals surface area contributed by atoms with Gasteiger partial charge < -0.3 is 14.5 Å². The molecule has 0 aromatic rings. The van der Waals surface area contributed by atoms with Gasteiger partial charge in [0.2, 0.25) is 0 Å². The largest absolute Gasteiger partial charge is 0.460 e. The van der Waals surface area contributed by atoms with Crippen LogP contribution in [0, 0.1) is 0 Å². The molecule has 1 aliphatic rings. The minimum Gasteiger partial charge on any atom is -0.460 e. The SMILES string of the molecule is CN(CCC(=O)OC(C)(C)C)CC1(N(C)C)CCC1. The Hall–Kier alpha value is -0.610. The van der Waals surface area contributed by atoms with Gasteiger partial charge in [-0.15, -0.1) is 0 Å². The Bertz CT molecular complexity index is 304. The van der Waals surface area contributed by atoms with Gasteiger partial charge in [0.05, 0.1) is 6.42 Å². The van der Waals surface area contributed by atoms with Crippen LogP contribution in [0.3, 0.4) is 0 Å². The monoisotopic (exact) mass is 270 g/mol. The van der Waals surface area contributed by atoms with Gasteiger partial charge in [-0.1, -0.05) is 0 Å². The molecule has 1 saturated carbocycles. The number of ether oxygens (including phenoxy) is 1. The molecule has 0 heterocycles. The van der Waals surface area contributed by atoms with Crippen molar-refractivity contribution in [2.45, 2.75) is 57.6 Å². The predicted octanol–water partition coefficient (Wildman–Crippen LogP) is 2.13. The van der Waals surface area contributed by atoms with Crippen molar-refractivity contribution in [2.24, 2.45) is 0 Å². The lowest BCUT2D eigenvalue weighted by atomic mass is 9.75. The standard InChI is InChI=1S/C15H30N2O2/c1-14(2,3)19-13(18)8-11-17(6)12-15(16(4)5)9-7-10-15/h7-12H2,1-6H3. The average molecular weight is 270 g/mol. The quantitative estimate of drug-likeness (QED) is 0.692. The molecule has 0 saturated heterocycles. The maximum atomic E-state index is 11.7. The van der Waals surface area contributed by atoms with Crippen LogP contribution in [0.25, 0.3) is 0 Å². The summed E-state index contributed by atoms with van der Waals surface area (Å²) in [6.07, 6.45) is 4.31. The third kappa shape index (κ3) is 5.11. The Kier molecular flexibility index (Phi) is 5.39. The van der Waals surface area contributed by atoms with Crippen LogP contribution in [-0.4, -0.2) is 61.1 Å². The highest BCUT2D eigenvalue weighted by atomic mass is 16.6. The smallest absolute Gasteiger partial charge is 0.307 e. The minimum atomic E-state index is -0.380. The molecule has 4 nitrogen and oxygen atoms in total. The van der Waals surface area contributed by atoms with E-state index in [-0.39, 0.29) is 11.6 Å². The number of carbonyl (C=O) groups excluding carboxylic acids is 1. The fourth-order valence-corrected chi connectivity index (χ4v) is 2.59. The molecule has 0 aromatic carbocycles. The minimum absolute atomic E-state index is 0.105. The van der Waals surface area contributed by atoms with Gasteiger partial charge in [0.15, 0.2) is 0 Å². The molecule has 112 valence electrons. The van der Waals surface area contributed by atoms with Gasteiger partial charge in [0.25, 0.3) is 0 Å². The van der Waals surface area contributed by atoms with E-state index in [2.05, 4.69) is 30.9 Å². The zero-order chi connectivity index (χ0) is 14.7. The van der Waals surface area contributed by atoms with E-state index in [1.807, 2.05) is 20.8 Å².